The van der Waals surface area contributed by atoms with Crippen molar-refractivity contribution < 1.29 is 27.6 Å². The van der Waals surface area contributed by atoms with Crippen LogP contribution in [0.15, 0.2) is 77.0 Å². The summed E-state index contributed by atoms with van der Waals surface area (Å²) in [5, 5.41) is 16.0. The molecule has 0 unspecified atom stereocenters. The molecule has 16 heteroatoms. The molecule has 3 saturated carbocycles. The Kier molecular flexibility index (Phi) is 12.0. The number of aromatic nitrogens is 2. The fraction of sp³-hybridized carbons (Fsp3) is 0.532. The van der Waals surface area contributed by atoms with Gasteiger partial charge in [-0.25, -0.2) is 18.1 Å². The van der Waals surface area contributed by atoms with Crippen LogP contribution in [0.25, 0.3) is 11.0 Å². The van der Waals surface area contributed by atoms with E-state index in [1.165, 1.54) is 50.7 Å². The van der Waals surface area contributed by atoms with Gasteiger partial charge in [-0.2, -0.15) is 0 Å². The summed E-state index contributed by atoms with van der Waals surface area (Å²) in [6.07, 6.45) is 10.9. The molecule has 5 fully saturated rings. The number of allylic oxidation sites excluding steroid dienone is 1. The van der Waals surface area contributed by atoms with Gasteiger partial charge >= 0.3 is 0 Å². The molecule has 6 aliphatic rings. The van der Waals surface area contributed by atoms with Gasteiger partial charge in [0.1, 0.15) is 22.8 Å². The molecule has 4 heterocycles. The summed E-state index contributed by atoms with van der Waals surface area (Å²) in [4.78, 5) is 39.5. The van der Waals surface area contributed by atoms with Crippen LogP contribution in [0.5, 0.6) is 11.5 Å². The molecule has 15 nitrogen and oxygen atoms in total. The number of fused-ring (bicyclic) bond motifs is 3. The van der Waals surface area contributed by atoms with Gasteiger partial charge in [-0.3, -0.25) is 19.8 Å². The van der Waals surface area contributed by atoms with Gasteiger partial charge in [-0.05, 0) is 111 Å². The lowest BCUT2D eigenvalue weighted by molar-refractivity contribution is -0.384. The molecule has 2 bridgehead atoms. The van der Waals surface area contributed by atoms with E-state index in [0.29, 0.717) is 36.5 Å². The zero-order valence-electron chi connectivity index (χ0n) is 36.8. The molecule has 0 spiro atoms. The molecule has 0 radical (unpaired) electrons. The van der Waals surface area contributed by atoms with Crippen molar-refractivity contribution in [2.45, 2.75) is 70.3 Å². The summed E-state index contributed by atoms with van der Waals surface area (Å²) < 4.78 is 41.7. The van der Waals surface area contributed by atoms with E-state index in [4.69, 9.17) is 9.47 Å². The summed E-state index contributed by atoms with van der Waals surface area (Å²) in [5.41, 5.74) is 5.01. The number of rotatable bonds is 13. The number of carbonyl (C=O) groups excluding carboxylic acids is 1. The molecule has 4 aliphatic carbocycles. The molecule has 2 aromatic heterocycles. The third-order valence-electron chi connectivity index (χ3n) is 14.4. The maximum Gasteiger partial charge on any atom is 0.293 e. The number of pyridine rings is 1. The smallest absolute Gasteiger partial charge is 0.293 e. The van der Waals surface area contributed by atoms with E-state index < -0.39 is 31.4 Å². The number of aromatic amines is 1. The summed E-state index contributed by atoms with van der Waals surface area (Å²) >= 11 is 0. The number of nitro groups is 1. The second kappa shape index (κ2) is 17.5. The van der Waals surface area contributed by atoms with Crippen molar-refractivity contribution in [3.63, 3.8) is 0 Å². The maximum absolute atomic E-state index is 14.0. The Balaban J connectivity index is 0.918. The number of hydrogen-bond donors (Lipinski definition) is 3. The minimum absolute atomic E-state index is 0.0186. The van der Waals surface area contributed by atoms with E-state index in [2.05, 4.69) is 55.5 Å². The number of H-pyrrole nitrogens is 1. The third kappa shape index (κ3) is 9.45. The highest BCUT2D eigenvalue weighted by molar-refractivity contribution is 7.90. The van der Waals surface area contributed by atoms with Crippen molar-refractivity contribution in [2.24, 2.45) is 29.1 Å². The molecule has 1 amide bonds. The van der Waals surface area contributed by atoms with E-state index >= 15 is 0 Å². The van der Waals surface area contributed by atoms with E-state index in [1.807, 2.05) is 19.2 Å². The number of benzene rings is 2. The van der Waals surface area contributed by atoms with Crippen LogP contribution in [-0.2, 0) is 14.8 Å². The van der Waals surface area contributed by atoms with Gasteiger partial charge < -0.3 is 29.6 Å². The zero-order chi connectivity index (χ0) is 44.0. The van der Waals surface area contributed by atoms with Crippen molar-refractivity contribution in [3.05, 3.63) is 87.7 Å². The molecule has 2 saturated heterocycles. The van der Waals surface area contributed by atoms with Crippen LogP contribution in [-0.4, -0.2) is 111 Å². The maximum atomic E-state index is 14.0. The Bertz CT molecular complexity index is 2510. The van der Waals surface area contributed by atoms with Crippen molar-refractivity contribution in [1.82, 2.24) is 24.5 Å². The minimum atomic E-state index is -4.56. The van der Waals surface area contributed by atoms with Crippen LogP contribution < -0.4 is 19.7 Å². The van der Waals surface area contributed by atoms with E-state index in [1.54, 1.807) is 41.7 Å². The molecule has 4 aromatic rings. The first-order valence-electron chi connectivity index (χ1n) is 22.5. The molecule has 3 atom stereocenters. The number of sulfonamides is 1. The van der Waals surface area contributed by atoms with Gasteiger partial charge in [0.05, 0.1) is 34.3 Å². The van der Waals surface area contributed by atoms with Crippen LogP contribution in [0.4, 0.5) is 17.1 Å². The van der Waals surface area contributed by atoms with Gasteiger partial charge in [0, 0.05) is 81.8 Å². The SMILES string of the molecule is C[C@H]1C[C@@H](C2=C(CN3CCN(c4ccc(C(=O)NS(=O)(=O)c5ccc(NC[C@@H]6CN(C)CCO6)c([N+](=O)[O-])c5)c(Oc5cnc6[nH]ccc6c5)c4)CC3)CCC(C)(C)C2)C2CC1C2. The average molecular weight is 881 g/mol. The summed E-state index contributed by atoms with van der Waals surface area (Å²) in [6, 6.07) is 12.3. The van der Waals surface area contributed by atoms with Gasteiger partial charge in [0.25, 0.3) is 21.6 Å². The number of nitrogens with one attached hydrogen (secondary N) is 3. The van der Waals surface area contributed by atoms with Crippen LogP contribution in [0.3, 0.4) is 0 Å². The first-order valence-corrected chi connectivity index (χ1v) is 24.0. The standard InChI is InChI=1S/C47H60N8O7S/c1-30-19-40(34-20-33(30)21-34)41-25-47(2,3)11-9-32(41)28-53-13-15-54(16-14-53)35-5-7-39(44(23-35)62-36-22-31-10-12-48-45(31)50-26-36)46(56)51-63(59,60)38-6-8-42(43(24-38)55(57)58)49-27-37-29-52(4)17-18-61-37/h5-8,10,12,22-24,26,30,33-34,37,40,49H,9,11,13-21,25,27-29H2,1-4H3,(H,48,50)(H,51,56)/t30-,33?,34?,37+,40+/m0/s1. The van der Waals surface area contributed by atoms with Crippen molar-refractivity contribution >= 4 is 44.0 Å². The Labute approximate surface area is 369 Å². The highest BCUT2D eigenvalue weighted by Crippen LogP contribution is 2.57. The fourth-order valence-corrected chi connectivity index (χ4v) is 11.6. The largest absolute Gasteiger partial charge is 0.455 e. The number of nitro benzene ring substituents is 1. The highest BCUT2D eigenvalue weighted by Gasteiger charge is 2.47. The lowest BCUT2D eigenvalue weighted by atomic mass is 9.52. The third-order valence-corrected chi connectivity index (χ3v) is 15.7. The molecule has 10 rings (SSSR count). The topological polar surface area (TPSA) is 175 Å². The van der Waals surface area contributed by atoms with E-state index in [0.717, 1.165) is 80.1 Å². The number of ether oxygens (including phenoxy) is 2. The van der Waals surface area contributed by atoms with Gasteiger partial charge in [-0.15, -0.1) is 0 Å². The number of piperazine rings is 1. The fourth-order valence-electron chi connectivity index (χ4n) is 10.6. The lowest BCUT2D eigenvalue weighted by Crippen LogP contribution is -2.48. The van der Waals surface area contributed by atoms with Crippen LogP contribution >= 0.6 is 0 Å². The zero-order valence-corrected chi connectivity index (χ0v) is 37.6. The van der Waals surface area contributed by atoms with Crippen LogP contribution in [0.1, 0.15) is 69.7 Å². The van der Waals surface area contributed by atoms with Crippen molar-refractivity contribution in [2.75, 3.05) is 76.2 Å². The van der Waals surface area contributed by atoms with Crippen LogP contribution in [0.2, 0.25) is 0 Å². The average Bonchev–Trinajstić information content (AvgIpc) is 3.71. The second-order valence-corrected chi connectivity index (χ2v) is 21.1. The Hall–Kier alpha value is -5.03. The van der Waals surface area contributed by atoms with Gasteiger partial charge in [-0.1, -0.05) is 31.9 Å². The highest BCUT2D eigenvalue weighted by atomic mass is 32.2. The van der Waals surface area contributed by atoms with Crippen LogP contribution in [0, 0.1) is 39.2 Å². The van der Waals surface area contributed by atoms with Gasteiger partial charge in [0.15, 0.2) is 0 Å². The molecule has 2 aliphatic heterocycles. The molecular weight excluding hydrogens is 821 g/mol. The quantitative estimate of drug-likeness (QED) is 0.0689. The molecule has 2 aromatic carbocycles. The predicted molar refractivity (Wildman–Crippen MR) is 243 cm³/mol. The normalized spacial score (nSPS) is 25.4. The van der Waals surface area contributed by atoms with Gasteiger partial charge in [0.2, 0.25) is 0 Å². The monoisotopic (exact) mass is 880 g/mol. The second-order valence-electron chi connectivity index (χ2n) is 19.4. The number of anilines is 2. The number of carbonyl (C=O) groups is 1. The molecular formula is C47H60N8O7S. The molecule has 336 valence electrons. The summed E-state index contributed by atoms with van der Waals surface area (Å²) in [5.74, 6) is 2.96. The first-order chi connectivity index (χ1) is 30.2. The Morgan fingerprint density at radius 2 is 1.86 bits per heavy atom. The minimum Gasteiger partial charge on any atom is -0.455 e. The Morgan fingerprint density at radius 3 is 2.62 bits per heavy atom. The van der Waals surface area contributed by atoms with Crippen molar-refractivity contribution in [3.8, 4) is 11.5 Å². The molecule has 3 N–H and O–H groups in total. The number of nitrogens with zero attached hydrogens (tertiary/aromatic N) is 5. The first kappa shape index (κ1) is 43.2. The van der Waals surface area contributed by atoms with Crippen molar-refractivity contribution in [1.29, 1.82) is 0 Å². The van der Waals surface area contributed by atoms with E-state index in [-0.39, 0.29) is 23.1 Å². The Morgan fingerprint density at radius 1 is 1.05 bits per heavy atom. The summed E-state index contributed by atoms with van der Waals surface area (Å²) in [7, 11) is -2.59. The molecule has 63 heavy (non-hydrogen) atoms. The predicted octanol–water partition coefficient (Wildman–Crippen LogP) is 7.44. The summed E-state index contributed by atoms with van der Waals surface area (Å²) in [6.45, 7) is 14.0. The number of morpholine rings is 1. The van der Waals surface area contributed by atoms with E-state index in [9.17, 15) is 23.3 Å². The lowest BCUT2D eigenvalue weighted by Gasteiger charge is -2.53. The number of likely N-dealkylation sites (N-methyl/N-ethyl adjacent to an activating group) is 1. The number of hydrogen-bond acceptors (Lipinski definition) is 12. The number of amides is 1.